The molecule has 0 unspecified atom stereocenters. The molecule has 1 saturated heterocycles. The van der Waals surface area contributed by atoms with Gasteiger partial charge in [-0.3, -0.25) is 9.59 Å². The number of hydrogen-bond donors (Lipinski definition) is 1. The molecule has 1 heterocycles. The number of nitrogens with zero attached hydrogens (tertiary/aromatic N) is 1. The molecule has 1 fully saturated rings. The Hall–Kier alpha value is -1.43. The van der Waals surface area contributed by atoms with Crippen molar-refractivity contribution < 1.29 is 14.0 Å². The van der Waals surface area contributed by atoms with Crippen molar-refractivity contribution >= 4 is 27.7 Å². The summed E-state index contributed by atoms with van der Waals surface area (Å²) in [5, 5.41) is 2.95. The van der Waals surface area contributed by atoms with E-state index >= 15 is 0 Å². The van der Waals surface area contributed by atoms with Gasteiger partial charge in [-0.2, -0.15) is 0 Å². The number of rotatable bonds is 3. The third-order valence-corrected chi connectivity index (χ3v) is 4.24. The molecule has 0 radical (unpaired) electrons. The Balaban J connectivity index is 1.93. The van der Waals surface area contributed by atoms with Gasteiger partial charge in [-0.15, -0.1) is 0 Å². The Morgan fingerprint density at radius 3 is 2.62 bits per heavy atom. The number of likely N-dealkylation sites (tertiary alicyclic amines) is 1. The molecule has 0 spiro atoms. The topological polar surface area (TPSA) is 49.4 Å². The highest BCUT2D eigenvalue weighted by Gasteiger charge is 2.24. The van der Waals surface area contributed by atoms with E-state index in [2.05, 4.69) is 21.2 Å². The van der Waals surface area contributed by atoms with E-state index in [-0.39, 0.29) is 23.7 Å². The third-order valence-electron chi connectivity index (χ3n) is 3.63. The van der Waals surface area contributed by atoms with Gasteiger partial charge in [0.1, 0.15) is 5.82 Å². The van der Waals surface area contributed by atoms with Gasteiger partial charge in [-0.1, -0.05) is 6.92 Å². The monoisotopic (exact) mass is 356 g/mol. The van der Waals surface area contributed by atoms with Crippen molar-refractivity contribution in [1.29, 1.82) is 0 Å². The minimum atomic E-state index is -0.382. The third kappa shape index (κ3) is 4.03. The summed E-state index contributed by atoms with van der Waals surface area (Å²) in [6.07, 6.45) is 1.97. The Morgan fingerprint density at radius 1 is 1.38 bits per heavy atom. The van der Waals surface area contributed by atoms with Gasteiger partial charge in [-0.05, 0) is 47.0 Å². The van der Waals surface area contributed by atoms with Crippen LogP contribution in [0.4, 0.5) is 4.39 Å². The van der Waals surface area contributed by atoms with Gasteiger partial charge in [0.2, 0.25) is 5.91 Å². The molecule has 0 atom stereocenters. The number of hydrogen-bond acceptors (Lipinski definition) is 2. The molecule has 1 N–H and O–H groups in total. The number of amides is 2. The van der Waals surface area contributed by atoms with Crippen LogP contribution in [0, 0.1) is 5.82 Å². The molecule has 6 heteroatoms. The number of halogens is 2. The zero-order valence-electron chi connectivity index (χ0n) is 11.9. The number of piperidine rings is 1. The van der Waals surface area contributed by atoms with Crippen molar-refractivity contribution in [2.45, 2.75) is 32.2 Å². The molecule has 0 saturated carbocycles. The predicted molar refractivity (Wildman–Crippen MR) is 81.5 cm³/mol. The van der Waals surface area contributed by atoms with E-state index in [1.54, 1.807) is 4.90 Å². The molecule has 1 aromatic rings. The normalized spacial score (nSPS) is 15.9. The van der Waals surface area contributed by atoms with Crippen LogP contribution in [0.2, 0.25) is 0 Å². The van der Waals surface area contributed by atoms with Crippen LogP contribution in [0.5, 0.6) is 0 Å². The Kier molecular flexibility index (Phi) is 5.33. The van der Waals surface area contributed by atoms with Gasteiger partial charge >= 0.3 is 0 Å². The standard InChI is InChI=1S/C15H18BrFN2O2/c1-2-14(20)18-11-5-7-19(8-6-11)15(21)10-3-4-13(17)12(16)9-10/h3-4,9,11H,2,5-8H2,1H3,(H,18,20). The molecule has 1 aliphatic rings. The SMILES string of the molecule is CCC(=O)NC1CCN(C(=O)c2ccc(F)c(Br)c2)CC1. The van der Waals surface area contributed by atoms with Gasteiger partial charge < -0.3 is 10.2 Å². The fraction of sp³-hybridized carbons (Fsp3) is 0.467. The zero-order valence-corrected chi connectivity index (χ0v) is 13.5. The quantitative estimate of drug-likeness (QED) is 0.904. The summed E-state index contributed by atoms with van der Waals surface area (Å²) in [6.45, 7) is 3.02. The van der Waals surface area contributed by atoms with E-state index in [0.29, 0.717) is 29.5 Å². The lowest BCUT2D eigenvalue weighted by molar-refractivity contribution is -0.121. The summed E-state index contributed by atoms with van der Waals surface area (Å²) in [7, 11) is 0. The first-order valence-corrected chi connectivity index (χ1v) is 7.84. The molecule has 0 aliphatic carbocycles. The first kappa shape index (κ1) is 15.9. The fourth-order valence-electron chi connectivity index (χ4n) is 2.37. The molecular weight excluding hydrogens is 339 g/mol. The number of nitrogens with one attached hydrogen (secondary N) is 1. The molecule has 2 rings (SSSR count). The lowest BCUT2D eigenvalue weighted by Gasteiger charge is -2.32. The molecule has 1 aromatic carbocycles. The summed E-state index contributed by atoms with van der Waals surface area (Å²) in [4.78, 5) is 25.4. The number of benzene rings is 1. The maximum atomic E-state index is 13.2. The number of carbonyl (C=O) groups excluding carboxylic acids is 2. The van der Waals surface area contributed by atoms with E-state index in [9.17, 15) is 14.0 Å². The highest BCUT2D eigenvalue weighted by Crippen LogP contribution is 2.20. The van der Waals surface area contributed by atoms with Crippen molar-refractivity contribution in [3.8, 4) is 0 Å². The predicted octanol–water partition coefficient (Wildman–Crippen LogP) is 2.72. The van der Waals surface area contributed by atoms with Crippen molar-refractivity contribution in [1.82, 2.24) is 10.2 Å². The molecule has 4 nitrogen and oxygen atoms in total. The maximum absolute atomic E-state index is 13.2. The van der Waals surface area contributed by atoms with Crippen LogP contribution in [-0.4, -0.2) is 35.8 Å². The average molecular weight is 357 g/mol. The lowest BCUT2D eigenvalue weighted by atomic mass is 10.0. The van der Waals surface area contributed by atoms with Crippen LogP contribution < -0.4 is 5.32 Å². The van der Waals surface area contributed by atoms with Gasteiger partial charge in [0.25, 0.3) is 5.91 Å². The molecule has 114 valence electrons. The largest absolute Gasteiger partial charge is 0.353 e. The van der Waals surface area contributed by atoms with E-state index in [0.717, 1.165) is 12.8 Å². The second kappa shape index (κ2) is 7.02. The summed E-state index contributed by atoms with van der Waals surface area (Å²) in [6, 6.07) is 4.42. The van der Waals surface area contributed by atoms with E-state index in [1.807, 2.05) is 6.92 Å². The second-order valence-electron chi connectivity index (χ2n) is 5.12. The molecule has 0 bridgehead atoms. The average Bonchev–Trinajstić information content (AvgIpc) is 2.50. The molecular formula is C15H18BrFN2O2. The summed E-state index contributed by atoms with van der Waals surface area (Å²) < 4.78 is 13.5. The molecule has 1 aliphatic heterocycles. The van der Waals surface area contributed by atoms with Crippen LogP contribution in [0.1, 0.15) is 36.5 Å². The van der Waals surface area contributed by atoms with E-state index in [1.165, 1.54) is 18.2 Å². The minimum Gasteiger partial charge on any atom is -0.353 e. The Bertz CT molecular complexity index is 542. The summed E-state index contributed by atoms with van der Waals surface area (Å²) in [5.74, 6) is -0.439. The van der Waals surface area contributed by atoms with Gasteiger partial charge in [0.05, 0.1) is 4.47 Å². The van der Waals surface area contributed by atoms with Crippen molar-refractivity contribution in [2.24, 2.45) is 0 Å². The van der Waals surface area contributed by atoms with Crippen LogP contribution in [0.3, 0.4) is 0 Å². The minimum absolute atomic E-state index is 0.0437. The Labute approximate surface area is 131 Å². The van der Waals surface area contributed by atoms with Crippen molar-refractivity contribution in [3.63, 3.8) is 0 Å². The lowest BCUT2D eigenvalue weighted by Crippen LogP contribution is -2.46. The first-order chi connectivity index (χ1) is 10.0. The van der Waals surface area contributed by atoms with Crippen molar-refractivity contribution in [3.05, 3.63) is 34.1 Å². The van der Waals surface area contributed by atoms with Crippen LogP contribution in [-0.2, 0) is 4.79 Å². The van der Waals surface area contributed by atoms with E-state index in [4.69, 9.17) is 0 Å². The molecule has 2 amide bonds. The highest BCUT2D eigenvalue weighted by atomic mass is 79.9. The van der Waals surface area contributed by atoms with Gasteiger partial charge in [-0.25, -0.2) is 4.39 Å². The Morgan fingerprint density at radius 2 is 2.05 bits per heavy atom. The summed E-state index contributed by atoms with van der Waals surface area (Å²) >= 11 is 3.09. The van der Waals surface area contributed by atoms with Crippen LogP contribution >= 0.6 is 15.9 Å². The smallest absolute Gasteiger partial charge is 0.253 e. The van der Waals surface area contributed by atoms with Crippen LogP contribution in [0.25, 0.3) is 0 Å². The molecule has 21 heavy (non-hydrogen) atoms. The second-order valence-corrected chi connectivity index (χ2v) is 5.97. The first-order valence-electron chi connectivity index (χ1n) is 7.05. The maximum Gasteiger partial charge on any atom is 0.253 e. The zero-order chi connectivity index (χ0) is 15.4. The van der Waals surface area contributed by atoms with Crippen LogP contribution in [0.15, 0.2) is 22.7 Å². The van der Waals surface area contributed by atoms with E-state index < -0.39 is 0 Å². The number of carbonyl (C=O) groups is 2. The van der Waals surface area contributed by atoms with Gasteiger partial charge in [0.15, 0.2) is 0 Å². The summed E-state index contributed by atoms with van der Waals surface area (Å²) in [5.41, 5.74) is 0.472. The molecule has 0 aromatic heterocycles. The van der Waals surface area contributed by atoms with Gasteiger partial charge in [0, 0.05) is 31.1 Å². The fourth-order valence-corrected chi connectivity index (χ4v) is 2.75. The van der Waals surface area contributed by atoms with Crippen molar-refractivity contribution in [2.75, 3.05) is 13.1 Å². The highest BCUT2D eigenvalue weighted by molar-refractivity contribution is 9.10.